The average Bonchev–Trinajstić information content (AvgIpc) is 2.55. The number of carbonyl (C=O) groups excluding carboxylic acids is 1. The summed E-state index contributed by atoms with van der Waals surface area (Å²) in [4.78, 5) is 13.9. The maximum absolute atomic E-state index is 12.1. The molecular formula is C19H21ClN2O2. The zero-order chi connectivity index (χ0) is 17.3. The number of fused-ring (bicyclic) bond motifs is 1. The summed E-state index contributed by atoms with van der Waals surface area (Å²) in [5, 5.41) is 4.23. The van der Waals surface area contributed by atoms with Gasteiger partial charge in [0, 0.05) is 29.4 Å². The number of benzene rings is 2. The Morgan fingerprint density at radius 1 is 1.25 bits per heavy atom. The average molecular weight is 345 g/mol. The van der Waals surface area contributed by atoms with Crippen molar-refractivity contribution in [1.29, 1.82) is 0 Å². The third-order valence-electron chi connectivity index (χ3n) is 4.41. The first kappa shape index (κ1) is 16.7. The summed E-state index contributed by atoms with van der Waals surface area (Å²) in [5.41, 5.74) is 2.98. The van der Waals surface area contributed by atoms with E-state index in [9.17, 15) is 4.79 Å². The third kappa shape index (κ3) is 3.20. The zero-order valence-electron chi connectivity index (χ0n) is 14.0. The molecule has 1 aliphatic rings. The van der Waals surface area contributed by atoms with Crippen LogP contribution in [0.1, 0.15) is 31.9 Å². The predicted octanol–water partition coefficient (Wildman–Crippen LogP) is 4.65. The summed E-state index contributed by atoms with van der Waals surface area (Å²) in [6, 6.07) is 13.8. The number of nitrogens with one attached hydrogen (secondary N) is 1. The summed E-state index contributed by atoms with van der Waals surface area (Å²) in [6.45, 7) is 3.67. The number of ether oxygens (including phenoxy) is 1. The Labute approximate surface area is 147 Å². The van der Waals surface area contributed by atoms with Gasteiger partial charge in [0.25, 0.3) is 0 Å². The molecule has 3 rings (SSSR count). The summed E-state index contributed by atoms with van der Waals surface area (Å²) >= 11 is 6.20. The first-order chi connectivity index (χ1) is 11.5. The number of nitrogens with zero attached hydrogens (tertiary/aromatic N) is 1. The molecule has 0 radical (unpaired) electrons. The molecule has 24 heavy (non-hydrogen) atoms. The second-order valence-corrected chi connectivity index (χ2v) is 6.54. The summed E-state index contributed by atoms with van der Waals surface area (Å²) in [5.74, 6) is 0.873. The van der Waals surface area contributed by atoms with Crippen LogP contribution in [0.15, 0.2) is 42.5 Å². The molecule has 1 aliphatic heterocycles. The first-order valence-corrected chi connectivity index (χ1v) is 8.37. The van der Waals surface area contributed by atoms with Gasteiger partial charge in [0.15, 0.2) is 0 Å². The van der Waals surface area contributed by atoms with Crippen LogP contribution >= 0.6 is 11.6 Å². The minimum atomic E-state index is 0.0500. The number of anilines is 2. The van der Waals surface area contributed by atoms with Crippen LogP contribution in [-0.4, -0.2) is 19.1 Å². The van der Waals surface area contributed by atoms with E-state index in [4.69, 9.17) is 16.3 Å². The van der Waals surface area contributed by atoms with Crippen molar-refractivity contribution < 1.29 is 9.53 Å². The fourth-order valence-corrected chi connectivity index (χ4v) is 3.52. The first-order valence-electron chi connectivity index (χ1n) is 7.99. The Balaban J connectivity index is 1.94. The Morgan fingerprint density at radius 2 is 1.96 bits per heavy atom. The van der Waals surface area contributed by atoms with E-state index in [-0.39, 0.29) is 18.0 Å². The molecule has 1 heterocycles. The fourth-order valence-electron chi connectivity index (χ4n) is 3.34. The Morgan fingerprint density at radius 3 is 2.58 bits per heavy atom. The standard InChI is InChI=1S/C19H21ClN2O2/c1-12-10-18(21-15-5-7-16(24-3)8-6-15)17-11-14(20)4-9-19(17)22(12)13(2)23/h4-9,11-12,18,21H,10H2,1-3H3/t12-,18+/m0/s1. The van der Waals surface area contributed by atoms with Crippen molar-refractivity contribution in [1.82, 2.24) is 0 Å². The molecule has 2 aromatic rings. The topological polar surface area (TPSA) is 41.6 Å². The van der Waals surface area contributed by atoms with Crippen molar-refractivity contribution >= 4 is 28.9 Å². The number of halogens is 1. The Bertz CT molecular complexity index is 746. The molecule has 1 amide bonds. The molecule has 0 spiro atoms. The Hall–Kier alpha value is -2.20. The monoisotopic (exact) mass is 344 g/mol. The van der Waals surface area contributed by atoms with Crippen molar-refractivity contribution in [2.45, 2.75) is 32.4 Å². The highest BCUT2D eigenvalue weighted by atomic mass is 35.5. The number of amides is 1. The summed E-state index contributed by atoms with van der Waals surface area (Å²) in [6.07, 6.45) is 0.818. The van der Waals surface area contributed by atoms with Crippen LogP contribution in [0.25, 0.3) is 0 Å². The normalized spacial score (nSPS) is 19.6. The van der Waals surface area contributed by atoms with Gasteiger partial charge in [0.1, 0.15) is 5.75 Å². The van der Waals surface area contributed by atoms with Crippen LogP contribution < -0.4 is 15.0 Å². The SMILES string of the molecule is COc1ccc(N[C@@H]2C[C@H](C)N(C(C)=O)c3ccc(Cl)cc32)cc1. The van der Waals surface area contributed by atoms with E-state index in [2.05, 4.69) is 12.2 Å². The van der Waals surface area contributed by atoms with Crippen LogP contribution in [0.5, 0.6) is 5.75 Å². The molecule has 0 unspecified atom stereocenters. The van der Waals surface area contributed by atoms with Gasteiger partial charge in [0.2, 0.25) is 5.91 Å². The molecule has 0 saturated carbocycles. The summed E-state index contributed by atoms with van der Waals surface area (Å²) in [7, 11) is 1.65. The Kier molecular flexibility index (Phi) is 4.67. The number of methoxy groups -OCH3 is 1. The second-order valence-electron chi connectivity index (χ2n) is 6.10. The van der Waals surface area contributed by atoms with E-state index in [1.54, 1.807) is 14.0 Å². The molecule has 126 valence electrons. The molecule has 0 bridgehead atoms. The molecule has 5 heteroatoms. The van der Waals surface area contributed by atoms with Gasteiger partial charge in [-0.05, 0) is 61.4 Å². The van der Waals surface area contributed by atoms with Gasteiger partial charge in [-0.1, -0.05) is 11.6 Å². The lowest BCUT2D eigenvalue weighted by atomic mass is 9.91. The van der Waals surface area contributed by atoms with Gasteiger partial charge in [-0.3, -0.25) is 4.79 Å². The molecule has 0 aromatic heterocycles. The van der Waals surface area contributed by atoms with Crippen molar-refractivity contribution in [3.05, 3.63) is 53.1 Å². The van der Waals surface area contributed by atoms with Gasteiger partial charge in [-0.2, -0.15) is 0 Å². The van der Waals surface area contributed by atoms with Crippen molar-refractivity contribution in [2.75, 3.05) is 17.3 Å². The molecular weight excluding hydrogens is 324 g/mol. The van der Waals surface area contributed by atoms with Gasteiger partial charge in [-0.15, -0.1) is 0 Å². The van der Waals surface area contributed by atoms with E-state index in [1.165, 1.54) is 0 Å². The maximum atomic E-state index is 12.1. The summed E-state index contributed by atoms with van der Waals surface area (Å²) < 4.78 is 5.20. The molecule has 0 saturated heterocycles. The molecule has 0 aliphatic carbocycles. The van der Waals surface area contributed by atoms with Crippen molar-refractivity contribution in [2.24, 2.45) is 0 Å². The molecule has 0 fully saturated rings. The lowest BCUT2D eigenvalue weighted by molar-refractivity contribution is -0.117. The third-order valence-corrected chi connectivity index (χ3v) is 4.65. The molecule has 2 atom stereocenters. The highest BCUT2D eigenvalue weighted by Crippen LogP contribution is 2.40. The van der Waals surface area contributed by atoms with Gasteiger partial charge < -0.3 is 15.0 Å². The highest BCUT2D eigenvalue weighted by Gasteiger charge is 2.32. The van der Waals surface area contributed by atoms with E-state index in [1.807, 2.05) is 47.4 Å². The van der Waals surface area contributed by atoms with Crippen molar-refractivity contribution in [3.63, 3.8) is 0 Å². The fraction of sp³-hybridized carbons (Fsp3) is 0.316. The smallest absolute Gasteiger partial charge is 0.224 e. The van der Waals surface area contributed by atoms with E-state index >= 15 is 0 Å². The second kappa shape index (κ2) is 6.73. The molecule has 2 aromatic carbocycles. The van der Waals surface area contributed by atoms with Crippen LogP contribution in [0.4, 0.5) is 11.4 Å². The van der Waals surface area contributed by atoms with Crippen LogP contribution in [0.3, 0.4) is 0 Å². The number of hydrogen-bond acceptors (Lipinski definition) is 3. The minimum absolute atomic E-state index is 0.0500. The largest absolute Gasteiger partial charge is 0.497 e. The predicted molar refractivity (Wildman–Crippen MR) is 98.0 cm³/mol. The van der Waals surface area contributed by atoms with Gasteiger partial charge in [0.05, 0.1) is 13.2 Å². The quantitative estimate of drug-likeness (QED) is 0.881. The van der Waals surface area contributed by atoms with Crippen LogP contribution in [0, 0.1) is 0 Å². The minimum Gasteiger partial charge on any atom is -0.497 e. The number of carbonyl (C=O) groups is 1. The van der Waals surface area contributed by atoms with E-state index < -0.39 is 0 Å². The molecule has 4 nitrogen and oxygen atoms in total. The van der Waals surface area contributed by atoms with Crippen LogP contribution in [-0.2, 0) is 4.79 Å². The van der Waals surface area contributed by atoms with Gasteiger partial charge in [-0.25, -0.2) is 0 Å². The van der Waals surface area contributed by atoms with Crippen molar-refractivity contribution in [3.8, 4) is 5.75 Å². The van der Waals surface area contributed by atoms with E-state index in [0.717, 1.165) is 29.1 Å². The number of rotatable bonds is 3. The van der Waals surface area contributed by atoms with E-state index in [0.29, 0.717) is 5.02 Å². The van der Waals surface area contributed by atoms with Crippen LogP contribution in [0.2, 0.25) is 5.02 Å². The van der Waals surface area contributed by atoms with Gasteiger partial charge >= 0.3 is 0 Å². The molecule has 1 N–H and O–H groups in total. The number of hydrogen-bond donors (Lipinski definition) is 1. The lowest BCUT2D eigenvalue weighted by Crippen LogP contribution is -2.43. The zero-order valence-corrected chi connectivity index (χ0v) is 14.8. The highest BCUT2D eigenvalue weighted by molar-refractivity contribution is 6.30. The lowest BCUT2D eigenvalue weighted by Gasteiger charge is -2.39. The maximum Gasteiger partial charge on any atom is 0.224 e.